The minimum atomic E-state index is -0.490. The molecule has 0 atom stereocenters. The van der Waals surface area contributed by atoms with E-state index in [0.717, 1.165) is 16.7 Å². The van der Waals surface area contributed by atoms with Crippen molar-refractivity contribution in [2.24, 2.45) is 5.16 Å². The van der Waals surface area contributed by atoms with Crippen molar-refractivity contribution in [2.45, 2.75) is 6.92 Å². The molecule has 0 aliphatic heterocycles. The summed E-state index contributed by atoms with van der Waals surface area (Å²) < 4.78 is 0. The lowest BCUT2D eigenvalue weighted by Crippen LogP contribution is -2.08. The molecule has 0 bridgehead atoms. The fraction of sp³-hybridized carbons (Fsp3) is 0.0500. The van der Waals surface area contributed by atoms with Gasteiger partial charge in [0.15, 0.2) is 0 Å². The number of carbonyl (C=O) groups excluding carboxylic acids is 1. The van der Waals surface area contributed by atoms with E-state index < -0.39 is 5.97 Å². The lowest BCUT2D eigenvalue weighted by atomic mass is 10.0. The Hall–Kier alpha value is -3.27. The van der Waals surface area contributed by atoms with E-state index in [1.165, 1.54) is 0 Å². The Morgan fingerprint density at radius 1 is 0.917 bits per heavy atom. The highest BCUT2D eigenvalue weighted by Gasteiger charge is 2.11. The van der Waals surface area contributed by atoms with Crippen LogP contribution in [0, 0.1) is 6.92 Å². The van der Waals surface area contributed by atoms with E-state index >= 15 is 0 Å². The van der Waals surface area contributed by atoms with Gasteiger partial charge in [-0.25, -0.2) is 4.79 Å². The Morgan fingerprint density at radius 3 is 2.38 bits per heavy atom. The van der Waals surface area contributed by atoms with Gasteiger partial charge < -0.3 is 4.84 Å². The van der Waals surface area contributed by atoms with Crippen LogP contribution in [0.4, 0.5) is 0 Å². The van der Waals surface area contributed by atoms with Crippen LogP contribution in [0.1, 0.15) is 27.0 Å². The number of hydrogen-bond acceptors (Lipinski definition) is 4. The maximum Gasteiger partial charge on any atom is 0.365 e. The third-order valence-corrected chi connectivity index (χ3v) is 3.46. The molecule has 1 heterocycles. The van der Waals surface area contributed by atoms with Crippen LogP contribution >= 0.6 is 0 Å². The maximum absolute atomic E-state index is 12.2. The molecule has 4 heteroatoms. The van der Waals surface area contributed by atoms with E-state index in [9.17, 15) is 4.79 Å². The molecular weight excluding hydrogens is 300 g/mol. The summed E-state index contributed by atoms with van der Waals surface area (Å²) in [6.45, 7) is 1.92. The fourth-order valence-electron chi connectivity index (χ4n) is 2.28. The molecule has 0 unspecified atom stereocenters. The van der Waals surface area contributed by atoms with E-state index in [0.29, 0.717) is 11.3 Å². The number of nitrogens with zero attached hydrogens (tertiary/aromatic N) is 2. The number of carbonyl (C=O) groups is 1. The molecule has 0 N–H and O–H groups in total. The summed E-state index contributed by atoms with van der Waals surface area (Å²) in [5, 5.41) is 4.10. The van der Waals surface area contributed by atoms with Crippen molar-refractivity contribution in [1.82, 2.24) is 4.98 Å². The first-order valence-corrected chi connectivity index (χ1v) is 7.56. The summed E-state index contributed by atoms with van der Waals surface area (Å²) in [6, 6.07) is 20.5. The quantitative estimate of drug-likeness (QED) is 0.415. The van der Waals surface area contributed by atoms with Gasteiger partial charge in [0.1, 0.15) is 5.71 Å². The van der Waals surface area contributed by atoms with Gasteiger partial charge in [0.05, 0.1) is 5.56 Å². The van der Waals surface area contributed by atoms with Gasteiger partial charge in [-0.2, -0.15) is 0 Å². The summed E-state index contributed by atoms with van der Waals surface area (Å²) in [6.07, 6.45) is 3.37. The average Bonchev–Trinajstić information content (AvgIpc) is 2.63. The number of aromatic nitrogens is 1. The van der Waals surface area contributed by atoms with E-state index in [1.807, 2.05) is 61.5 Å². The van der Waals surface area contributed by atoms with Crippen LogP contribution in [0.15, 0.2) is 84.3 Å². The second-order valence-electron chi connectivity index (χ2n) is 5.30. The summed E-state index contributed by atoms with van der Waals surface area (Å²) in [4.78, 5) is 21.5. The van der Waals surface area contributed by atoms with Crippen molar-refractivity contribution < 1.29 is 9.63 Å². The van der Waals surface area contributed by atoms with E-state index in [4.69, 9.17) is 4.84 Å². The van der Waals surface area contributed by atoms with Crippen molar-refractivity contribution in [3.8, 4) is 0 Å². The monoisotopic (exact) mass is 316 g/mol. The summed E-state index contributed by atoms with van der Waals surface area (Å²) in [7, 11) is 0. The van der Waals surface area contributed by atoms with Crippen LogP contribution in [-0.2, 0) is 4.84 Å². The van der Waals surface area contributed by atoms with Gasteiger partial charge in [0.25, 0.3) is 0 Å². The largest absolute Gasteiger partial charge is 0.365 e. The molecule has 0 spiro atoms. The zero-order valence-corrected chi connectivity index (χ0v) is 13.2. The van der Waals surface area contributed by atoms with Crippen LogP contribution in [0.2, 0.25) is 0 Å². The molecule has 0 saturated heterocycles. The number of benzene rings is 2. The molecule has 4 nitrogen and oxygen atoms in total. The Labute approximate surface area is 140 Å². The lowest BCUT2D eigenvalue weighted by Gasteiger charge is -2.06. The summed E-state index contributed by atoms with van der Waals surface area (Å²) in [5.74, 6) is -0.490. The van der Waals surface area contributed by atoms with E-state index in [2.05, 4.69) is 10.1 Å². The molecule has 118 valence electrons. The van der Waals surface area contributed by atoms with Gasteiger partial charge in [0, 0.05) is 23.5 Å². The van der Waals surface area contributed by atoms with Crippen LogP contribution in [-0.4, -0.2) is 16.7 Å². The fourth-order valence-corrected chi connectivity index (χ4v) is 2.28. The molecular formula is C20H16N2O2. The number of hydrogen-bond donors (Lipinski definition) is 0. The van der Waals surface area contributed by atoms with Gasteiger partial charge in [-0.3, -0.25) is 4.98 Å². The third kappa shape index (κ3) is 3.73. The van der Waals surface area contributed by atoms with Crippen LogP contribution in [0.3, 0.4) is 0 Å². The molecule has 3 rings (SSSR count). The highest BCUT2D eigenvalue weighted by molar-refractivity contribution is 6.12. The minimum absolute atomic E-state index is 0.470. The molecule has 1 aromatic heterocycles. The third-order valence-electron chi connectivity index (χ3n) is 3.46. The Balaban J connectivity index is 1.91. The van der Waals surface area contributed by atoms with Gasteiger partial charge in [-0.1, -0.05) is 53.2 Å². The molecule has 0 aliphatic carbocycles. The first kappa shape index (κ1) is 15.6. The number of oxime groups is 1. The van der Waals surface area contributed by atoms with Crippen molar-refractivity contribution in [3.63, 3.8) is 0 Å². The molecule has 0 amide bonds. The first-order valence-electron chi connectivity index (χ1n) is 7.56. The summed E-state index contributed by atoms with van der Waals surface area (Å²) >= 11 is 0. The van der Waals surface area contributed by atoms with Gasteiger partial charge in [0.2, 0.25) is 0 Å². The molecule has 2 aromatic carbocycles. The van der Waals surface area contributed by atoms with Crippen molar-refractivity contribution in [1.29, 1.82) is 0 Å². The second kappa shape index (κ2) is 7.33. The van der Waals surface area contributed by atoms with E-state index in [1.54, 1.807) is 24.5 Å². The topological polar surface area (TPSA) is 51.5 Å². The van der Waals surface area contributed by atoms with Gasteiger partial charge in [-0.05, 0) is 31.2 Å². The zero-order chi connectivity index (χ0) is 16.8. The van der Waals surface area contributed by atoms with Crippen molar-refractivity contribution >= 4 is 11.7 Å². The molecule has 0 fully saturated rings. The normalized spacial score (nSPS) is 11.1. The van der Waals surface area contributed by atoms with Gasteiger partial charge in [-0.15, -0.1) is 0 Å². The minimum Gasteiger partial charge on any atom is -0.312 e. The number of pyridine rings is 1. The molecule has 3 aromatic rings. The highest BCUT2D eigenvalue weighted by Crippen LogP contribution is 2.12. The highest BCUT2D eigenvalue weighted by atomic mass is 16.7. The number of aryl methyl sites for hydroxylation is 1. The SMILES string of the molecule is Cc1cccc(C(=O)ON=C(c2ccccc2)c2cccnc2)c1. The van der Waals surface area contributed by atoms with Crippen LogP contribution in [0.25, 0.3) is 0 Å². The Bertz CT molecular complexity index is 818. The maximum atomic E-state index is 12.2. The zero-order valence-electron chi connectivity index (χ0n) is 13.2. The Kier molecular flexibility index (Phi) is 4.77. The van der Waals surface area contributed by atoms with Gasteiger partial charge >= 0.3 is 5.97 Å². The average molecular weight is 316 g/mol. The van der Waals surface area contributed by atoms with Crippen LogP contribution in [0.5, 0.6) is 0 Å². The smallest absolute Gasteiger partial charge is 0.312 e. The summed E-state index contributed by atoms with van der Waals surface area (Å²) in [5.41, 5.74) is 3.65. The molecule has 24 heavy (non-hydrogen) atoms. The predicted molar refractivity (Wildman–Crippen MR) is 92.9 cm³/mol. The lowest BCUT2D eigenvalue weighted by molar-refractivity contribution is 0.0517. The van der Waals surface area contributed by atoms with Crippen molar-refractivity contribution in [3.05, 3.63) is 101 Å². The molecule has 0 aliphatic rings. The standard InChI is InChI=1S/C20H16N2O2/c1-15-7-5-10-17(13-15)20(23)24-22-19(16-8-3-2-4-9-16)18-11-6-12-21-14-18/h2-14H,1H3. The van der Waals surface area contributed by atoms with Crippen molar-refractivity contribution in [2.75, 3.05) is 0 Å². The predicted octanol–water partition coefficient (Wildman–Crippen LogP) is 4.00. The number of rotatable bonds is 4. The molecule has 0 saturated carbocycles. The first-order chi connectivity index (χ1) is 11.7. The Morgan fingerprint density at radius 2 is 1.67 bits per heavy atom. The van der Waals surface area contributed by atoms with E-state index in [-0.39, 0.29) is 0 Å². The second-order valence-corrected chi connectivity index (χ2v) is 5.30. The molecule has 0 radical (unpaired) electrons. The van der Waals surface area contributed by atoms with Crippen LogP contribution < -0.4 is 0 Å².